The molecule has 1 aromatic rings. The van der Waals surface area contributed by atoms with E-state index in [4.69, 9.17) is 11.6 Å². The molecule has 0 radical (unpaired) electrons. The van der Waals surface area contributed by atoms with Gasteiger partial charge in [-0.15, -0.1) is 13.2 Å². The van der Waals surface area contributed by atoms with Crippen molar-refractivity contribution in [3.8, 4) is 5.75 Å². The maximum Gasteiger partial charge on any atom is 0.573 e. The molecule has 1 N–H and O–H groups in total. The van der Waals surface area contributed by atoms with Crippen molar-refractivity contribution in [3.63, 3.8) is 0 Å². The van der Waals surface area contributed by atoms with Gasteiger partial charge in [0.15, 0.2) is 0 Å². The lowest BCUT2D eigenvalue weighted by Crippen LogP contribution is -2.26. The second kappa shape index (κ2) is 5.36. The van der Waals surface area contributed by atoms with Crippen molar-refractivity contribution in [2.45, 2.75) is 25.1 Å². The Morgan fingerprint density at radius 1 is 1.22 bits per heavy atom. The van der Waals surface area contributed by atoms with E-state index in [-0.39, 0.29) is 10.8 Å². The molecule has 2 nitrogen and oxygen atoms in total. The smallest absolute Gasteiger partial charge is 0.404 e. The van der Waals surface area contributed by atoms with E-state index < -0.39 is 6.36 Å². The van der Waals surface area contributed by atoms with E-state index in [0.29, 0.717) is 5.92 Å². The Labute approximate surface area is 108 Å². The van der Waals surface area contributed by atoms with Crippen LogP contribution >= 0.6 is 11.6 Å². The predicted octanol–water partition coefficient (Wildman–Crippen LogP) is 3.71. The van der Waals surface area contributed by atoms with E-state index in [2.05, 4.69) is 10.1 Å². The molecule has 0 aliphatic carbocycles. The van der Waals surface area contributed by atoms with Crippen LogP contribution in [0.15, 0.2) is 18.2 Å². The van der Waals surface area contributed by atoms with Crippen LogP contribution in [0.4, 0.5) is 13.2 Å². The summed E-state index contributed by atoms with van der Waals surface area (Å²) in [6.07, 6.45) is -2.77. The van der Waals surface area contributed by atoms with Gasteiger partial charge in [0, 0.05) is 0 Å². The highest BCUT2D eigenvalue weighted by Crippen LogP contribution is 2.34. The zero-order chi connectivity index (χ0) is 13.2. The van der Waals surface area contributed by atoms with Gasteiger partial charge in [-0.2, -0.15) is 0 Å². The lowest BCUT2D eigenvalue weighted by molar-refractivity contribution is -0.274. The van der Waals surface area contributed by atoms with E-state index in [1.54, 1.807) is 12.1 Å². The monoisotopic (exact) mass is 279 g/mol. The largest absolute Gasteiger partial charge is 0.573 e. The minimum atomic E-state index is -4.71. The Morgan fingerprint density at radius 2 is 1.89 bits per heavy atom. The van der Waals surface area contributed by atoms with Gasteiger partial charge in [-0.25, -0.2) is 0 Å². The van der Waals surface area contributed by atoms with Gasteiger partial charge >= 0.3 is 6.36 Å². The number of benzene rings is 1. The van der Waals surface area contributed by atoms with Gasteiger partial charge in [0.2, 0.25) is 0 Å². The summed E-state index contributed by atoms with van der Waals surface area (Å²) in [5.74, 6) is 0.00513. The van der Waals surface area contributed by atoms with Crippen molar-refractivity contribution in [3.05, 3.63) is 28.8 Å². The number of hydrogen-bond donors (Lipinski definition) is 1. The number of nitrogens with one attached hydrogen (secondary N) is 1. The van der Waals surface area contributed by atoms with Crippen LogP contribution in [0.25, 0.3) is 0 Å². The molecule has 1 fully saturated rings. The number of piperidine rings is 1. The second-order valence-electron chi connectivity index (χ2n) is 4.26. The number of hydrogen-bond acceptors (Lipinski definition) is 2. The molecule has 1 aliphatic heterocycles. The molecule has 0 aromatic heterocycles. The van der Waals surface area contributed by atoms with Crippen LogP contribution in [0.3, 0.4) is 0 Å². The van der Waals surface area contributed by atoms with Crippen LogP contribution in [0.2, 0.25) is 5.02 Å². The highest BCUT2D eigenvalue weighted by molar-refractivity contribution is 6.32. The Hall–Kier alpha value is -0.940. The Bertz CT molecular complexity index is 416. The van der Waals surface area contributed by atoms with Crippen molar-refractivity contribution in [2.75, 3.05) is 13.1 Å². The van der Waals surface area contributed by atoms with Crippen molar-refractivity contribution in [1.82, 2.24) is 5.32 Å². The van der Waals surface area contributed by atoms with Gasteiger partial charge in [0.05, 0.1) is 5.02 Å². The quantitative estimate of drug-likeness (QED) is 0.891. The molecule has 0 unspecified atom stereocenters. The zero-order valence-electron chi connectivity index (χ0n) is 9.56. The molecule has 100 valence electrons. The third-order valence-electron chi connectivity index (χ3n) is 2.99. The third kappa shape index (κ3) is 3.53. The Kier molecular flexibility index (Phi) is 4.02. The first-order valence-electron chi connectivity index (χ1n) is 5.71. The minimum absolute atomic E-state index is 0.00311. The van der Waals surface area contributed by atoms with E-state index in [1.807, 2.05) is 0 Å². The van der Waals surface area contributed by atoms with E-state index in [1.165, 1.54) is 6.07 Å². The summed E-state index contributed by atoms with van der Waals surface area (Å²) >= 11 is 5.81. The molecule has 2 rings (SSSR count). The number of halogens is 4. The molecule has 0 saturated carbocycles. The van der Waals surface area contributed by atoms with Gasteiger partial charge < -0.3 is 10.1 Å². The molecule has 6 heteroatoms. The van der Waals surface area contributed by atoms with Gasteiger partial charge in [0.25, 0.3) is 0 Å². The molecule has 1 heterocycles. The molecule has 1 saturated heterocycles. The molecular formula is C12H13ClF3NO. The summed E-state index contributed by atoms with van der Waals surface area (Å²) in [5, 5.41) is 3.24. The van der Waals surface area contributed by atoms with Crippen LogP contribution in [-0.2, 0) is 0 Å². The number of ether oxygens (including phenoxy) is 1. The number of rotatable bonds is 2. The lowest BCUT2D eigenvalue weighted by Gasteiger charge is -2.23. The van der Waals surface area contributed by atoms with Crippen LogP contribution in [0.5, 0.6) is 5.75 Å². The van der Waals surface area contributed by atoms with Crippen molar-refractivity contribution < 1.29 is 17.9 Å². The summed E-state index contributed by atoms with van der Waals surface area (Å²) in [5.41, 5.74) is 0.969. The first-order chi connectivity index (χ1) is 8.46. The standard InChI is InChI=1S/C12H13ClF3NO/c13-10-7-9(8-3-5-17-6-4-8)1-2-11(10)18-12(14,15)16/h1-2,7-8,17H,3-6H2. The molecule has 0 amide bonds. The average Bonchev–Trinajstić information content (AvgIpc) is 2.31. The summed E-state index contributed by atoms with van der Waals surface area (Å²) in [4.78, 5) is 0. The summed E-state index contributed by atoms with van der Waals surface area (Å²) in [6.45, 7) is 1.84. The van der Waals surface area contributed by atoms with Gasteiger partial charge in [-0.1, -0.05) is 17.7 Å². The number of alkyl halides is 3. The van der Waals surface area contributed by atoms with Crippen LogP contribution in [0.1, 0.15) is 24.3 Å². The first kappa shape index (κ1) is 13.5. The minimum Gasteiger partial charge on any atom is -0.404 e. The molecule has 0 atom stereocenters. The maximum absolute atomic E-state index is 12.1. The van der Waals surface area contributed by atoms with E-state index >= 15 is 0 Å². The molecule has 0 spiro atoms. The normalized spacial score (nSPS) is 17.8. The average molecular weight is 280 g/mol. The highest BCUT2D eigenvalue weighted by Gasteiger charge is 2.32. The van der Waals surface area contributed by atoms with Crippen molar-refractivity contribution in [2.24, 2.45) is 0 Å². The van der Waals surface area contributed by atoms with Crippen molar-refractivity contribution >= 4 is 11.6 Å². The summed E-state index contributed by atoms with van der Waals surface area (Å²) < 4.78 is 40.1. The lowest BCUT2D eigenvalue weighted by atomic mass is 9.90. The first-order valence-corrected chi connectivity index (χ1v) is 6.09. The molecule has 0 bridgehead atoms. The fourth-order valence-electron chi connectivity index (χ4n) is 2.13. The predicted molar refractivity (Wildman–Crippen MR) is 63.0 cm³/mol. The highest BCUT2D eigenvalue weighted by atomic mass is 35.5. The zero-order valence-corrected chi connectivity index (χ0v) is 10.3. The Morgan fingerprint density at radius 3 is 2.44 bits per heavy atom. The topological polar surface area (TPSA) is 21.3 Å². The van der Waals surface area contributed by atoms with E-state index in [0.717, 1.165) is 31.5 Å². The third-order valence-corrected chi connectivity index (χ3v) is 3.29. The summed E-state index contributed by atoms with van der Waals surface area (Å²) in [6, 6.07) is 4.51. The summed E-state index contributed by atoms with van der Waals surface area (Å²) in [7, 11) is 0. The van der Waals surface area contributed by atoms with Crippen molar-refractivity contribution in [1.29, 1.82) is 0 Å². The van der Waals surface area contributed by atoms with Gasteiger partial charge in [-0.05, 0) is 49.5 Å². The molecule has 1 aromatic carbocycles. The fraction of sp³-hybridized carbons (Fsp3) is 0.500. The molecule has 18 heavy (non-hydrogen) atoms. The van der Waals surface area contributed by atoms with Gasteiger partial charge in [-0.3, -0.25) is 0 Å². The molecular weight excluding hydrogens is 267 g/mol. The fourth-order valence-corrected chi connectivity index (χ4v) is 2.36. The van der Waals surface area contributed by atoms with Gasteiger partial charge in [0.1, 0.15) is 5.75 Å². The maximum atomic E-state index is 12.1. The SMILES string of the molecule is FC(F)(F)Oc1ccc(C2CCNCC2)cc1Cl. The Balaban J connectivity index is 2.13. The molecule has 1 aliphatic rings. The second-order valence-corrected chi connectivity index (χ2v) is 4.67. The van der Waals surface area contributed by atoms with E-state index in [9.17, 15) is 13.2 Å². The van der Waals surface area contributed by atoms with Crippen LogP contribution in [0, 0.1) is 0 Å². The van der Waals surface area contributed by atoms with Crippen LogP contribution < -0.4 is 10.1 Å². The van der Waals surface area contributed by atoms with Crippen LogP contribution in [-0.4, -0.2) is 19.5 Å².